The number of rotatable bonds is 8. The number of carbonyl (C=O) groups excluding carboxylic acids is 2. The van der Waals surface area contributed by atoms with E-state index in [0.29, 0.717) is 6.54 Å². The van der Waals surface area contributed by atoms with E-state index in [1.807, 2.05) is 67.6 Å². The number of anilines is 1. The Labute approximate surface area is 199 Å². The number of para-hydroxylation sites is 1. The Balaban J connectivity index is 1.27. The maximum Gasteiger partial charge on any atom is 0.241 e. The number of thiophene rings is 1. The summed E-state index contributed by atoms with van der Waals surface area (Å²) in [6, 6.07) is 21.9. The van der Waals surface area contributed by atoms with Crippen molar-refractivity contribution in [1.82, 2.24) is 10.2 Å². The molecular formula is C27H31N3O2S. The van der Waals surface area contributed by atoms with Gasteiger partial charge in [0.15, 0.2) is 0 Å². The summed E-state index contributed by atoms with van der Waals surface area (Å²) in [6.45, 7) is 4.12. The van der Waals surface area contributed by atoms with Crippen LogP contribution in [0.4, 0.5) is 5.69 Å². The normalized spacial score (nSPS) is 15.7. The Hall–Kier alpha value is -2.96. The number of benzene rings is 2. The highest BCUT2D eigenvalue weighted by atomic mass is 32.1. The van der Waals surface area contributed by atoms with Crippen LogP contribution in [0.25, 0.3) is 11.1 Å². The predicted octanol–water partition coefficient (Wildman–Crippen LogP) is 4.81. The van der Waals surface area contributed by atoms with Crippen LogP contribution in [0.3, 0.4) is 0 Å². The van der Waals surface area contributed by atoms with Crippen molar-refractivity contribution in [2.75, 3.05) is 25.0 Å². The third-order valence-corrected chi connectivity index (χ3v) is 7.28. The summed E-state index contributed by atoms with van der Waals surface area (Å²) < 4.78 is 0. The van der Waals surface area contributed by atoms with Crippen LogP contribution in [-0.4, -0.2) is 42.4 Å². The van der Waals surface area contributed by atoms with Gasteiger partial charge in [-0.3, -0.25) is 14.5 Å². The van der Waals surface area contributed by atoms with Gasteiger partial charge in [0.1, 0.15) is 0 Å². The lowest BCUT2D eigenvalue weighted by Gasteiger charge is -2.34. The first-order valence-corrected chi connectivity index (χ1v) is 12.5. The van der Waals surface area contributed by atoms with Gasteiger partial charge in [0, 0.05) is 28.6 Å². The van der Waals surface area contributed by atoms with Crippen molar-refractivity contribution >= 4 is 28.8 Å². The molecule has 6 heteroatoms. The summed E-state index contributed by atoms with van der Waals surface area (Å²) in [5, 5.41) is 8.26. The number of amides is 2. The number of piperidine rings is 1. The van der Waals surface area contributed by atoms with Crippen molar-refractivity contribution in [3.05, 3.63) is 77.0 Å². The Morgan fingerprint density at radius 3 is 2.45 bits per heavy atom. The van der Waals surface area contributed by atoms with Crippen molar-refractivity contribution < 1.29 is 9.59 Å². The van der Waals surface area contributed by atoms with Gasteiger partial charge in [-0.05, 0) is 62.4 Å². The van der Waals surface area contributed by atoms with Gasteiger partial charge in [0.25, 0.3) is 0 Å². The highest BCUT2D eigenvalue weighted by Gasteiger charge is 2.29. The van der Waals surface area contributed by atoms with E-state index >= 15 is 0 Å². The molecule has 0 saturated carbocycles. The van der Waals surface area contributed by atoms with Crippen LogP contribution in [0.15, 0.2) is 72.1 Å². The van der Waals surface area contributed by atoms with Gasteiger partial charge in [0.05, 0.1) is 6.04 Å². The van der Waals surface area contributed by atoms with E-state index in [4.69, 9.17) is 0 Å². The maximum absolute atomic E-state index is 13.0. The fraction of sp³-hybridized carbons (Fsp3) is 0.333. The molecule has 2 heterocycles. The summed E-state index contributed by atoms with van der Waals surface area (Å²) in [5.74, 6) is 0.149. The maximum atomic E-state index is 13.0. The average molecular weight is 462 g/mol. The third-order valence-electron chi connectivity index (χ3n) is 6.35. The molecule has 2 aromatic carbocycles. The van der Waals surface area contributed by atoms with E-state index in [2.05, 4.69) is 27.0 Å². The van der Waals surface area contributed by atoms with E-state index < -0.39 is 0 Å². The highest BCUT2D eigenvalue weighted by Crippen LogP contribution is 2.28. The number of nitrogens with one attached hydrogen (secondary N) is 2. The van der Waals surface area contributed by atoms with Gasteiger partial charge in [-0.1, -0.05) is 54.6 Å². The zero-order valence-corrected chi connectivity index (χ0v) is 19.8. The molecular weight excluding hydrogens is 430 g/mol. The summed E-state index contributed by atoms with van der Waals surface area (Å²) in [5.41, 5.74) is 2.91. The van der Waals surface area contributed by atoms with Crippen molar-refractivity contribution in [2.45, 2.75) is 32.2 Å². The molecule has 0 aliphatic carbocycles. The number of nitrogens with zero attached hydrogens (tertiary/aromatic N) is 1. The zero-order valence-electron chi connectivity index (χ0n) is 19.0. The van der Waals surface area contributed by atoms with Crippen LogP contribution in [-0.2, 0) is 16.0 Å². The molecule has 3 aromatic rings. The van der Waals surface area contributed by atoms with E-state index in [1.54, 1.807) is 11.3 Å². The second-order valence-corrected chi connectivity index (χ2v) is 9.54. The van der Waals surface area contributed by atoms with Crippen LogP contribution in [0, 0.1) is 5.92 Å². The Kier molecular flexibility index (Phi) is 7.92. The Morgan fingerprint density at radius 2 is 1.73 bits per heavy atom. The molecule has 5 nitrogen and oxygen atoms in total. The number of likely N-dealkylation sites (tertiary alicyclic amines) is 1. The van der Waals surface area contributed by atoms with Crippen molar-refractivity contribution in [2.24, 2.45) is 5.92 Å². The fourth-order valence-electron chi connectivity index (χ4n) is 4.32. The molecule has 1 fully saturated rings. The molecule has 4 rings (SSSR count). The largest absolute Gasteiger partial charge is 0.355 e. The second kappa shape index (κ2) is 11.3. The van der Waals surface area contributed by atoms with Crippen molar-refractivity contribution in [3.63, 3.8) is 0 Å². The molecule has 1 aromatic heterocycles. The van der Waals surface area contributed by atoms with Crippen molar-refractivity contribution in [3.8, 4) is 11.1 Å². The number of hydrogen-bond donors (Lipinski definition) is 2. The monoisotopic (exact) mass is 461 g/mol. The molecule has 33 heavy (non-hydrogen) atoms. The topological polar surface area (TPSA) is 61.4 Å². The van der Waals surface area contributed by atoms with E-state index in [0.717, 1.165) is 49.2 Å². The SMILES string of the molecule is CC(C(=O)Nc1ccccc1-c1ccccc1)N1CCC(C(=O)NCCc2cccs2)CC1. The van der Waals surface area contributed by atoms with Crippen LogP contribution in [0.1, 0.15) is 24.6 Å². The highest BCUT2D eigenvalue weighted by molar-refractivity contribution is 7.09. The summed E-state index contributed by atoms with van der Waals surface area (Å²) >= 11 is 1.72. The molecule has 1 unspecified atom stereocenters. The summed E-state index contributed by atoms with van der Waals surface area (Å²) in [4.78, 5) is 29.0. The van der Waals surface area contributed by atoms with Gasteiger partial charge in [-0.2, -0.15) is 0 Å². The van der Waals surface area contributed by atoms with Crippen LogP contribution in [0.2, 0.25) is 0 Å². The van der Waals surface area contributed by atoms with Crippen molar-refractivity contribution in [1.29, 1.82) is 0 Å². The van der Waals surface area contributed by atoms with Gasteiger partial charge in [-0.15, -0.1) is 11.3 Å². The molecule has 0 radical (unpaired) electrons. The molecule has 172 valence electrons. The average Bonchev–Trinajstić information content (AvgIpc) is 3.38. The summed E-state index contributed by atoms with van der Waals surface area (Å²) in [6.07, 6.45) is 2.44. The molecule has 2 N–H and O–H groups in total. The minimum Gasteiger partial charge on any atom is -0.355 e. The summed E-state index contributed by atoms with van der Waals surface area (Å²) in [7, 11) is 0. The smallest absolute Gasteiger partial charge is 0.241 e. The second-order valence-electron chi connectivity index (χ2n) is 8.51. The van der Waals surface area contributed by atoms with E-state index in [9.17, 15) is 9.59 Å². The standard InChI is InChI=1S/C27H31N3O2S/c1-20(26(31)29-25-12-6-5-11-24(25)21-8-3-2-4-9-21)30-17-14-22(15-18-30)27(32)28-16-13-23-10-7-19-33-23/h2-12,19-20,22H,13-18H2,1H3,(H,28,32)(H,29,31). The first-order valence-electron chi connectivity index (χ1n) is 11.6. The lowest BCUT2D eigenvalue weighted by molar-refractivity contribution is -0.127. The van der Waals surface area contributed by atoms with Crippen LogP contribution < -0.4 is 10.6 Å². The predicted molar refractivity (Wildman–Crippen MR) is 135 cm³/mol. The first kappa shape index (κ1) is 23.2. The van der Waals surface area contributed by atoms with Gasteiger partial charge < -0.3 is 10.6 Å². The van der Waals surface area contributed by atoms with Crippen LogP contribution in [0.5, 0.6) is 0 Å². The molecule has 1 aliphatic heterocycles. The minimum absolute atomic E-state index is 0.0165. The molecule has 2 amide bonds. The van der Waals surface area contributed by atoms with Gasteiger partial charge in [0.2, 0.25) is 11.8 Å². The Morgan fingerprint density at radius 1 is 1.00 bits per heavy atom. The lowest BCUT2D eigenvalue weighted by atomic mass is 9.94. The quantitative estimate of drug-likeness (QED) is 0.506. The zero-order chi connectivity index (χ0) is 23.0. The molecule has 1 atom stereocenters. The van der Waals surface area contributed by atoms with E-state index in [1.165, 1.54) is 4.88 Å². The van der Waals surface area contributed by atoms with E-state index in [-0.39, 0.29) is 23.8 Å². The Bertz CT molecular complexity index is 1040. The van der Waals surface area contributed by atoms with Gasteiger partial charge in [-0.25, -0.2) is 0 Å². The lowest BCUT2D eigenvalue weighted by Crippen LogP contribution is -2.48. The number of hydrogen-bond acceptors (Lipinski definition) is 4. The third kappa shape index (κ3) is 6.09. The minimum atomic E-state index is -0.253. The van der Waals surface area contributed by atoms with Crippen LogP contribution >= 0.6 is 11.3 Å². The number of carbonyl (C=O) groups is 2. The molecule has 0 spiro atoms. The molecule has 1 aliphatic rings. The molecule has 1 saturated heterocycles. The first-order chi connectivity index (χ1) is 16.1. The molecule has 0 bridgehead atoms. The van der Waals surface area contributed by atoms with Gasteiger partial charge >= 0.3 is 0 Å². The fourth-order valence-corrected chi connectivity index (χ4v) is 5.03.